The van der Waals surface area contributed by atoms with Gasteiger partial charge in [-0.05, 0) is 43.0 Å². The Bertz CT molecular complexity index is 880. The van der Waals surface area contributed by atoms with Crippen LogP contribution in [0.3, 0.4) is 0 Å². The number of rotatable bonds is 9. The molecule has 0 aliphatic carbocycles. The predicted molar refractivity (Wildman–Crippen MR) is 101 cm³/mol. The number of nitrogens with zero attached hydrogens (tertiary/aromatic N) is 5. The fourth-order valence-electron chi connectivity index (χ4n) is 3.01. The van der Waals surface area contributed by atoms with Crippen LogP contribution in [0.15, 0.2) is 36.7 Å². The van der Waals surface area contributed by atoms with Gasteiger partial charge in [0.05, 0.1) is 17.9 Å². The molecule has 27 heavy (non-hydrogen) atoms. The van der Waals surface area contributed by atoms with Crippen LogP contribution in [-0.4, -0.2) is 38.4 Å². The quantitative estimate of drug-likeness (QED) is 0.427. The average molecular weight is 369 g/mol. The van der Waals surface area contributed by atoms with Crippen LogP contribution in [0.4, 0.5) is 4.39 Å². The summed E-state index contributed by atoms with van der Waals surface area (Å²) in [7, 11) is 1.70. The van der Waals surface area contributed by atoms with Gasteiger partial charge in [0.1, 0.15) is 5.69 Å². The Labute approximate surface area is 158 Å². The Morgan fingerprint density at radius 1 is 1.19 bits per heavy atom. The first-order chi connectivity index (χ1) is 13.2. The van der Waals surface area contributed by atoms with Crippen molar-refractivity contribution in [3.63, 3.8) is 0 Å². The van der Waals surface area contributed by atoms with Crippen LogP contribution < -0.4 is 0 Å². The summed E-state index contributed by atoms with van der Waals surface area (Å²) in [5.41, 5.74) is 3.58. The minimum absolute atomic E-state index is 0.501. The maximum Gasteiger partial charge on any atom is 0.213 e. The molecule has 0 radical (unpaired) electrons. The molecular weight excluding hydrogens is 345 g/mol. The van der Waals surface area contributed by atoms with E-state index >= 15 is 0 Å². The second-order valence-corrected chi connectivity index (χ2v) is 6.38. The van der Waals surface area contributed by atoms with Crippen LogP contribution in [0.5, 0.6) is 0 Å². The minimum Gasteiger partial charge on any atom is -0.385 e. The van der Waals surface area contributed by atoms with E-state index in [0.29, 0.717) is 24.7 Å². The van der Waals surface area contributed by atoms with E-state index in [1.165, 1.54) is 11.6 Å². The summed E-state index contributed by atoms with van der Waals surface area (Å²) in [5.74, 6) is 0.0943. The molecule has 142 valence electrons. The normalized spacial score (nSPS) is 11.1. The Hall–Kier alpha value is -2.67. The molecule has 0 saturated carbocycles. The number of hydrogen-bond donors (Lipinski definition) is 0. The van der Waals surface area contributed by atoms with Crippen LogP contribution in [0.25, 0.3) is 11.5 Å². The summed E-state index contributed by atoms with van der Waals surface area (Å²) in [6.07, 6.45) is 7.27. The Morgan fingerprint density at radius 2 is 2.07 bits per heavy atom. The third-order valence-corrected chi connectivity index (χ3v) is 4.29. The van der Waals surface area contributed by atoms with E-state index in [2.05, 4.69) is 33.2 Å². The zero-order chi connectivity index (χ0) is 19.1. The SMILES string of the molecule is CCCc1cc(CCCOC)nnc1Cn1ccnc1-c1cccc(F)n1. The molecule has 0 aliphatic heterocycles. The number of pyridine rings is 1. The third-order valence-electron chi connectivity index (χ3n) is 4.29. The summed E-state index contributed by atoms with van der Waals surface area (Å²) in [4.78, 5) is 8.27. The average Bonchev–Trinajstić information content (AvgIpc) is 3.12. The Kier molecular flexibility index (Phi) is 6.59. The molecule has 0 saturated heterocycles. The van der Waals surface area contributed by atoms with E-state index in [-0.39, 0.29) is 0 Å². The molecule has 0 N–H and O–H groups in total. The first kappa shape index (κ1) is 19.1. The highest BCUT2D eigenvalue weighted by molar-refractivity contribution is 5.49. The first-order valence-corrected chi connectivity index (χ1v) is 9.18. The molecule has 3 rings (SSSR count). The van der Waals surface area contributed by atoms with Gasteiger partial charge in [0.15, 0.2) is 5.82 Å². The van der Waals surface area contributed by atoms with Gasteiger partial charge in [-0.25, -0.2) is 9.97 Å². The van der Waals surface area contributed by atoms with Crippen LogP contribution >= 0.6 is 0 Å². The molecule has 0 unspecified atom stereocenters. The van der Waals surface area contributed by atoms with Gasteiger partial charge < -0.3 is 9.30 Å². The van der Waals surface area contributed by atoms with E-state index in [4.69, 9.17) is 4.74 Å². The molecule has 7 heteroatoms. The molecule has 0 bridgehead atoms. The highest BCUT2D eigenvalue weighted by Gasteiger charge is 2.13. The lowest BCUT2D eigenvalue weighted by molar-refractivity contribution is 0.195. The standard InChI is InChI=1S/C20H24FN5O/c1-3-6-15-13-16(7-5-12-27-2)24-25-18(15)14-26-11-10-22-20(26)17-8-4-9-19(21)23-17/h4,8-11,13H,3,5-7,12,14H2,1-2H3. The maximum atomic E-state index is 13.5. The van der Waals surface area contributed by atoms with Crippen LogP contribution in [-0.2, 0) is 24.1 Å². The molecule has 0 aliphatic rings. The number of aryl methyl sites for hydroxylation is 2. The van der Waals surface area contributed by atoms with Crippen molar-refractivity contribution in [2.24, 2.45) is 0 Å². The highest BCUT2D eigenvalue weighted by atomic mass is 19.1. The Morgan fingerprint density at radius 3 is 2.85 bits per heavy atom. The topological polar surface area (TPSA) is 65.7 Å². The molecule has 0 amide bonds. The van der Waals surface area contributed by atoms with Crippen molar-refractivity contribution in [1.82, 2.24) is 24.7 Å². The summed E-state index contributed by atoms with van der Waals surface area (Å²) in [6, 6.07) is 6.84. The number of imidazole rings is 1. The van der Waals surface area contributed by atoms with Gasteiger partial charge in [-0.3, -0.25) is 0 Å². The van der Waals surface area contributed by atoms with Crippen molar-refractivity contribution in [2.45, 2.75) is 39.2 Å². The van der Waals surface area contributed by atoms with Crippen molar-refractivity contribution in [1.29, 1.82) is 0 Å². The summed E-state index contributed by atoms with van der Waals surface area (Å²) < 4.78 is 20.5. The second kappa shape index (κ2) is 9.32. The van der Waals surface area contributed by atoms with Gasteiger partial charge in [-0.1, -0.05) is 19.4 Å². The van der Waals surface area contributed by atoms with Crippen LogP contribution in [0.1, 0.15) is 36.7 Å². The zero-order valence-corrected chi connectivity index (χ0v) is 15.7. The third kappa shape index (κ3) is 4.95. The highest BCUT2D eigenvalue weighted by Crippen LogP contribution is 2.18. The van der Waals surface area contributed by atoms with E-state index in [9.17, 15) is 4.39 Å². The molecule has 0 aromatic carbocycles. The van der Waals surface area contributed by atoms with Crippen molar-refractivity contribution in [3.05, 3.63) is 59.6 Å². The summed E-state index contributed by atoms with van der Waals surface area (Å²) >= 11 is 0. The van der Waals surface area contributed by atoms with Gasteiger partial charge in [-0.15, -0.1) is 0 Å². The number of hydrogen-bond acceptors (Lipinski definition) is 5. The maximum absolute atomic E-state index is 13.5. The Balaban J connectivity index is 1.84. The lowest BCUT2D eigenvalue weighted by Crippen LogP contribution is -2.10. The largest absolute Gasteiger partial charge is 0.385 e. The second-order valence-electron chi connectivity index (χ2n) is 6.38. The molecule has 3 heterocycles. The van der Waals surface area contributed by atoms with Crippen LogP contribution in [0.2, 0.25) is 0 Å². The number of methoxy groups -OCH3 is 1. The molecule has 6 nitrogen and oxygen atoms in total. The fourth-order valence-corrected chi connectivity index (χ4v) is 3.01. The number of aromatic nitrogens is 5. The van der Waals surface area contributed by atoms with E-state index in [1.54, 1.807) is 25.4 Å². The smallest absolute Gasteiger partial charge is 0.213 e. The van der Waals surface area contributed by atoms with Gasteiger partial charge in [0.2, 0.25) is 5.95 Å². The van der Waals surface area contributed by atoms with Crippen molar-refractivity contribution in [3.8, 4) is 11.5 Å². The van der Waals surface area contributed by atoms with Crippen molar-refractivity contribution >= 4 is 0 Å². The molecule has 3 aromatic heterocycles. The van der Waals surface area contributed by atoms with Crippen molar-refractivity contribution < 1.29 is 9.13 Å². The van der Waals surface area contributed by atoms with Crippen LogP contribution in [0, 0.1) is 5.95 Å². The lowest BCUT2D eigenvalue weighted by atomic mass is 10.1. The monoisotopic (exact) mass is 369 g/mol. The molecule has 0 atom stereocenters. The summed E-state index contributed by atoms with van der Waals surface area (Å²) in [6.45, 7) is 3.38. The number of ether oxygens (including phenoxy) is 1. The number of halogens is 1. The van der Waals surface area contributed by atoms with E-state index < -0.39 is 5.95 Å². The minimum atomic E-state index is -0.520. The molecular formula is C20H24FN5O. The van der Waals surface area contributed by atoms with E-state index in [0.717, 1.165) is 37.1 Å². The lowest BCUT2D eigenvalue weighted by Gasteiger charge is -2.12. The van der Waals surface area contributed by atoms with Gasteiger partial charge in [0.25, 0.3) is 0 Å². The zero-order valence-electron chi connectivity index (χ0n) is 15.7. The van der Waals surface area contributed by atoms with Gasteiger partial charge in [0, 0.05) is 26.1 Å². The molecule has 0 spiro atoms. The molecule has 3 aromatic rings. The first-order valence-electron chi connectivity index (χ1n) is 9.18. The van der Waals surface area contributed by atoms with E-state index in [1.807, 2.05) is 10.8 Å². The summed E-state index contributed by atoms with van der Waals surface area (Å²) in [5, 5.41) is 8.84. The van der Waals surface area contributed by atoms with Crippen molar-refractivity contribution in [2.75, 3.05) is 13.7 Å². The fraction of sp³-hybridized carbons (Fsp3) is 0.400. The predicted octanol–water partition coefficient (Wildman–Crippen LogP) is 3.45. The van der Waals surface area contributed by atoms with Gasteiger partial charge in [-0.2, -0.15) is 14.6 Å². The van der Waals surface area contributed by atoms with Gasteiger partial charge >= 0.3 is 0 Å². The molecule has 0 fully saturated rings.